The molecule has 0 radical (unpaired) electrons. The van der Waals surface area contributed by atoms with Crippen molar-refractivity contribution in [2.75, 3.05) is 0 Å². The second-order valence-corrected chi connectivity index (χ2v) is 1.20. The van der Waals surface area contributed by atoms with E-state index in [2.05, 4.69) is 0 Å². The van der Waals surface area contributed by atoms with Crippen LogP contribution >= 0.6 is 0 Å². The molecule has 14 heavy (non-hydrogen) atoms. The van der Waals surface area contributed by atoms with Crippen LogP contribution in [0.3, 0.4) is 0 Å². The summed E-state index contributed by atoms with van der Waals surface area (Å²) < 4.78 is 0. The van der Waals surface area contributed by atoms with Crippen LogP contribution in [0.4, 0.5) is 0 Å². The molecule has 0 saturated carbocycles. The van der Waals surface area contributed by atoms with E-state index in [-0.39, 0.29) is 46.1 Å². The maximum Gasteiger partial charge on any atom is 0.414 e. The topological polar surface area (TPSA) is 189 Å². The van der Waals surface area contributed by atoms with Crippen molar-refractivity contribution in [3.8, 4) is 0 Å². The molecule has 0 aromatic heterocycles. The monoisotopic (exact) mass is 355 g/mol. The number of carboxylic acid groups (broad SMARTS) is 4. The van der Waals surface area contributed by atoms with Gasteiger partial charge in [0.1, 0.15) is 0 Å². The zero-order valence-corrected chi connectivity index (χ0v) is 9.00. The minimum Gasteiger partial charge on any atom is -0.539 e. The van der Waals surface area contributed by atoms with Gasteiger partial charge in [0, 0.05) is 39.9 Å². The van der Waals surface area contributed by atoms with Crippen LogP contribution in [0.15, 0.2) is 0 Å². The third kappa shape index (κ3) is 22.5. The van der Waals surface area contributed by atoms with Gasteiger partial charge in [-0.2, -0.15) is 0 Å². The largest absolute Gasteiger partial charge is 0.539 e. The van der Waals surface area contributed by atoms with Gasteiger partial charge in [-0.05, 0) is 0 Å². The summed E-state index contributed by atoms with van der Waals surface area (Å²) in [4.78, 5) is 36.2. The molecule has 0 aromatic carbocycles. The third-order valence-electron chi connectivity index (χ3n) is 0.358. The van der Waals surface area contributed by atoms with E-state index in [0.717, 1.165) is 0 Å². The number of rotatable bonds is 0. The first-order valence-electron chi connectivity index (χ1n) is 2.19. The van der Waals surface area contributed by atoms with E-state index in [1.807, 2.05) is 0 Å². The van der Waals surface area contributed by atoms with Crippen LogP contribution < -0.4 is 11.3 Å². The summed E-state index contributed by atoms with van der Waals surface area (Å²) in [5.74, 6) is -7.66. The normalized spacial score (nSPS) is 6.29. The fourth-order valence-corrected chi connectivity index (χ4v) is 0. The first kappa shape index (κ1) is 23.2. The van der Waals surface area contributed by atoms with E-state index >= 15 is 0 Å². The predicted molar refractivity (Wildman–Crippen MR) is 33.9 cm³/mol. The van der Waals surface area contributed by atoms with Crippen molar-refractivity contribution in [2.24, 2.45) is 0 Å². The van der Waals surface area contributed by atoms with E-state index in [1.54, 1.807) is 0 Å². The Morgan fingerprint density at radius 2 is 0.929 bits per heavy atom. The van der Waals surface area contributed by atoms with Gasteiger partial charge < -0.3 is 31.4 Å². The molecule has 0 saturated heterocycles. The molecule has 84 valence electrons. The van der Waals surface area contributed by atoms with Crippen molar-refractivity contribution < 1.29 is 79.5 Å². The molecular weight excluding hydrogens is 347 g/mol. The number of carbonyl (C=O) groups is 4. The minimum atomic E-state index is -2.07. The Bertz CT molecular complexity index is 177. The average molecular weight is 354 g/mol. The van der Waals surface area contributed by atoms with E-state index < -0.39 is 23.9 Å². The Morgan fingerprint density at radius 1 is 0.786 bits per heavy atom. The molecule has 10 heteroatoms. The van der Waals surface area contributed by atoms with Gasteiger partial charge >= 0.3 is 17.9 Å². The Kier molecular flexibility index (Phi) is 20.2. The van der Waals surface area contributed by atoms with Crippen molar-refractivity contribution in [1.82, 2.24) is 6.15 Å². The van der Waals surface area contributed by atoms with Gasteiger partial charge in [-0.25, -0.2) is 14.4 Å². The number of carbonyl (C=O) groups excluding carboxylic acids is 1. The van der Waals surface area contributed by atoms with Gasteiger partial charge in [0.15, 0.2) is 5.97 Å². The smallest absolute Gasteiger partial charge is 0.414 e. The van der Waals surface area contributed by atoms with E-state index in [4.69, 9.17) is 39.6 Å². The van der Waals surface area contributed by atoms with E-state index in [1.165, 1.54) is 0 Å². The molecule has 0 spiro atoms. The number of carboxylic acids is 4. The molecule has 0 aromatic rings. The zero-order valence-electron chi connectivity index (χ0n) is 6.74. The molecule has 7 N–H and O–H groups in total. The van der Waals surface area contributed by atoms with Gasteiger partial charge in [-0.3, -0.25) is 0 Å². The van der Waals surface area contributed by atoms with E-state index in [0.29, 0.717) is 0 Å². The first-order valence-corrected chi connectivity index (χ1v) is 2.19. The van der Waals surface area contributed by atoms with Crippen LogP contribution in [0.2, 0.25) is 0 Å². The molecule has 0 aliphatic carbocycles. The molecular formula is C4H7GdNO8. The molecule has 0 rings (SSSR count). The number of aliphatic carboxylic acids is 4. The summed E-state index contributed by atoms with van der Waals surface area (Å²) in [5.41, 5.74) is 0. The Hall–Kier alpha value is -0.835. The van der Waals surface area contributed by atoms with Crippen LogP contribution in [-0.2, 0) is 19.2 Å². The Balaban J connectivity index is -0.0000000625. The maximum absolute atomic E-state index is 9.10. The molecule has 0 atom stereocenters. The van der Waals surface area contributed by atoms with Gasteiger partial charge in [-0.15, -0.1) is 0 Å². The molecule has 0 aliphatic rings. The summed E-state index contributed by atoms with van der Waals surface area (Å²) in [6.07, 6.45) is 0. The van der Waals surface area contributed by atoms with Gasteiger partial charge in [0.05, 0.1) is 0 Å². The molecule has 0 aliphatic heterocycles. The van der Waals surface area contributed by atoms with Crippen molar-refractivity contribution in [3.63, 3.8) is 0 Å². The third-order valence-corrected chi connectivity index (χ3v) is 0.358. The molecule has 0 bridgehead atoms. The summed E-state index contributed by atoms with van der Waals surface area (Å²) in [6.45, 7) is 0. The molecule has 0 heterocycles. The Morgan fingerprint density at radius 3 is 0.929 bits per heavy atom. The fourth-order valence-electron chi connectivity index (χ4n) is 0. The second-order valence-electron chi connectivity index (χ2n) is 1.20. The van der Waals surface area contributed by atoms with Crippen molar-refractivity contribution in [2.45, 2.75) is 0 Å². The van der Waals surface area contributed by atoms with E-state index in [9.17, 15) is 0 Å². The Labute approximate surface area is 109 Å². The summed E-state index contributed by atoms with van der Waals surface area (Å²) in [7, 11) is 0. The summed E-state index contributed by atoms with van der Waals surface area (Å²) in [6, 6.07) is 0. The van der Waals surface area contributed by atoms with Crippen LogP contribution in [0.1, 0.15) is 0 Å². The molecule has 0 fully saturated rings. The minimum absolute atomic E-state index is 0. The average Bonchev–Trinajstić information content (AvgIpc) is 1.88. The number of hydrogen-bond acceptors (Lipinski definition) is 5. The van der Waals surface area contributed by atoms with Crippen LogP contribution in [0.5, 0.6) is 0 Å². The van der Waals surface area contributed by atoms with Crippen LogP contribution in [0, 0.1) is 39.9 Å². The SMILES string of the molecule is O=C(O)C(=O)O.O=C([O-])C(=O)O.[Gd].[NH4+]. The quantitative estimate of drug-likeness (QED) is 0.339. The number of quaternary nitrogens is 1. The standard InChI is InChI=1S/2C2H2O4.Gd.H3N/c2*3-1(4)2(5)6;;/h2*(H,3,4)(H,5,6);;1H3. The van der Waals surface area contributed by atoms with Crippen LogP contribution in [0.25, 0.3) is 0 Å². The summed E-state index contributed by atoms with van der Waals surface area (Å²) >= 11 is 0. The zero-order chi connectivity index (χ0) is 10.3. The van der Waals surface area contributed by atoms with Crippen molar-refractivity contribution >= 4 is 23.9 Å². The first-order chi connectivity index (χ1) is 5.29. The second kappa shape index (κ2) is 12.2. The van der Waals surface area contributed by atoms with Crippen LogP contribution in [-0.4, -0.2) is 39.2 Å². The molecule has 0 unspecified atom stereocenters. The van der Waals surface area contributed by atoms with Crippen molar-refractivity contribution in [3.05, 3.63) is 0 Å². The number of hydrogen-bond donors (Lipinski definition) is 4. The van der Waals surface area contributed by atoms with Gasteiger partial charge in [-0.1, -0.05) is 0 Å². The predicted octanol–water partition coefficient (Wildman–Crippen LogP) is -2.65. The molecule has 0 amide bonds. The molecule has 9 nitrogen and oxygen atoms in total. The van der Waals surface area contributed by atoms with Gasteiger partial charge in [0.2, 0.25) is 0 Å². The maximum atomic E-state index is 9.10. The van der Waals surface area contributed by atoms with Gasteiger partial charge in [0.25, 0.3) is 0 Å². The summed E-state index contributed by atoms with van der Waals surface area (Å²) in [5, 5.41) is 31.1. The fraction of sp³-hybridized carbons (Fsp3) is 0. The van der Waals surface area contributed by atoms with Crippen molar-refractivity contribution in [1.29, 1.82) is 0 Å².